The number of carbonyl (C=O) groups is 1. The number of nitrogens with zero attached hydrogens (tertiary/aromatic N) is 1. The van der Waals surface area contributed by atoms with E-state index in [1.165, 1.54) is 0 Å². The first-order valence-electron chi connectivity index (χ1n) is 6.26. The van der Waals surface area contributed by atoms with Gasteiger partial charge in [0.2, 0.25) is 0 Å². The van der Waals surface area contributed by atoms with Crippen LogP contribution in [0.1, 0.15) is 15.9 Å². The van der Waals surface area contributed by atoms with E-state index >= 15 is 0 Å². The van der Waals surface area contributed by atoms with Crippen LogP contribution >= 0.6 is 12.6 Å². The molecule has 0 aliphatic rings. The molecule has 1 N–H and O–H groups in total. The molecule has 3 rings (SSSR count). The van der Waals surface area contributed by atoms with Gasteiger partial charge in [-0.25, -0.2) is 4.79 Å². The van der Waals surface area contributed by atoms with E-state index in [4.69, 9.17) is 0 Å². The molecule has 0 bridgehead atoms. The van der Waals surface area contributed by atoms with Crippen molar-refractivity contribution in [2.75, 3.05) is 0 Å². The average Bonchev–Trinajstić information content (AvgIpc) is 2.73. The smallest absolute Gasteiger partial charge is 0.339 e. The number of hydrogen-bond donors (Lipinski definition) is 2. The van der Waals surface area contributed by atoms with Gasteiger partial charge in [0.05, 0.1) is 16.1 Å². The van der Waals surface area contributed by atoms with Crippen molar-refractivity contribution in [1.82, 2.24) is 4.57 Å². The van der Waals surface area contributed by atoms with Gasteiger partial charge in [-0.1, -0.05) is 48.5 Å². The van der Waals surface area contributed by atoms with Crippen molar-refractivity contribution in [2.45, 2.75) is 11.6 Å². The summed E-state index contributed by atoms with van der Waals surface area (Å²) < 4.78 is 1.93. The normalized spacial score (nSPS) is 10.8. The lowest BCUT2D eigenvalue weighted by Crippen LogP contribution is -2.02. The van der Waals surface area contributed by atoms with Gasteiger partial charge in [-0.2, -0.15) is 0 Å². The van der Waals surface area contributed by atoms with Gasteiger partial charge in [0.25, 0.3) is 0 Å². The molecule has 20 heavy (non-hydrogen) atoms. The van der Waals surface area contributed by atoms with Crippen LogP contribution in [0.25, 0.3) is 10.9 Å². The third-order valence-electron chi connectivity index (χ3n) is 3.34. The van der Waals surface area contributed by atoms with Crippen molar-refractivity contribution < 1.29 is 9.90 Å². The molecule has 0 radical (unpaired) electrons. The van der Waals surface area contributed by atoms with Gasteiger partial charge < -0.3 is 9.67 Å². The van der Waals surface area contributed by atoms with Gasteiger partial charge >= 0.3 is 5.97 Å². The Morgan fingerprint density at radius 2 is 1.70 bits per heavy atom. The maximum absolute atomic E-state index is 11.4. The van der Waals surface area contributed by atoms with Crippen molar-refractivity contribution in [3.05, 3.63) is 65.7 Å². The van der Waals surface area contributed by atoms with Crippen LogP contribution in [0, 0.1) is 0 Å². The molecule has 1 aromatic heterocycles. The van der Waals surface area contributed by atoms with Crippen LogP contribution in [-0.2, 0) is 6.54 Å². The SMILES string of the molecule is O=C(O)c1c(S)n(Cc2ccccc2)c2ccccc12. The lowest BCUT2D eigenvalue weighted by molar-refractivity contribution is 0.0694. The molecule has 2 aromatic carbocycles. The molecule has 1 heterocycles. The number of rotatable bonds is 3. The molecule has 0 saturated heterocycles. The van der Waals surface area contributed by atoms with Crippen molar-refractivity contribution in [3.63, 3.8) is 0 Å². The van der Waals surface area contributed by atoms with E-state index in [-0.39, 0.29) is 5.56 Å². The predicted octanol–water partition coefficient (Wildman–Crippen LogP) is 3.68. The third-order valence-corrected chi connectivity index (χ3v) is 3.81. The number of carboxylic acid groups (broad SMARTS) is 1. The molecule has 3 nitrogen and oxygen atoms in total. The Bertz CT molecular complexity index is 778. The molecule has 0 unspecified atom stereocenters. The molecule has 3 aromatic rings. The quantitative estimate of drug-likeness (QED) is 0.720. The first kappa shape index (κ1) is 12.8. The van der Waals surface area contributed by atoms with Crippen molar-refractivity contribution in [3.8, 4) is 0 Å². The molecule has 0 saturated carbocycles. The fourth-order valence-electron chi connectivity index (χ4n) is 2.43. The highest BCUT2D eigenvalue weighted by atomic mass is 32.1. The minimum atomic E-state index is -0.946. The lowest BCUT2D eigenvalue weighted by Gasteiger charge is -2.07. The summed E-state index contributed by atoms with van der Waals surface area (Å²) in [5.41, 5.74) is 2.26. The molecule has 0 atom stereocenters. The molecule has 0 aliphatic carbocycles. The van der Waals surface area contributed by atoms with Gasteiger partial charge in [0.1, 0.15) is 0 Å². The molecular weight excluding hydrogens is 270 g/mol. The van der Waals surface area contributed by atoms with Crippen LogP contribution < -0.4 is 0 Å². The highest BCUT2D eigenvalue weighted by Crippen LogP contribution is 2.29. The summed E-state index contributed by atoms with van der Waals surface area (Å²) in [4.78, 5) is 11.4. The Kier molecular flexibility index (Phi) is 3.24. The van der Waals surface area contributed by atoms with Crippen LogP contribution in [0.2, 0.25) is 0 Å². The highest BCUT2D eigenvalue weighted by Gasteiger charge is 2.19. The number of fused-ring (bicyclic) bond motifs is 1. The number of para-hydroxylation sites is 1. The van der Waals surface area contributed by atoms with E-state index in [1.807, 2.05) is 59.2 Å². The molecule has 100 valence electrons. The zero-order chi connectivity index (χ0) is 14.1. The summed E-state index contributed by atoms with van der Waals surface area (Å²) in [6, 6.07) is 17.4. The van der Waals surface area contributed by atoms with Crippen LogP contribution in [-0.4, -0.2) is 15.6 Å². The molecule has 0 amide bonds. The molecule has 0 spiro atoms. The Balaban J connectivity index is 2.20. The summed E-state index contributed by atoms with van der Waals surface area (Å²) in [7, 11) is 0. The number of carboxylic acids is 1. The summed E-state index contributed by atoms with van der Waals surface area (Å²) in [6.07, 6.45) is 0. The highest BCUT2D eigenvalue weighted by molar-refractivity contribution is 7.80. The van der Waals surface area contributed by atoms with E-state index in [9.17, 15) is 9.90 Å². The summed E-state index contributed by atoms with van der Waals surface area (Å²) in [5, 5.41) is 10.6. The molecule has 4 heteroatoms. The van der Waals surface area contributed by atoms with Crippen LogP contribution in [0.5, 0.6) is 0 Å². The number of benzene rings is 2. The number of thiol groups is 1. The summed E-state index contributed by atoms with van der Waals surface area (Å²) in [6.45, 7) is 0.605. The third kappa shape index (κ3) is 2.08. The van der Waals surface area contributed by atoms with E-state index in [1.54, 1.807) is 0 Å². The zero-order valence-corrected chi connectivity index (χ0v) is 11.5. The standard InChI is InChI=1S/C16H13NO2S/c18-16(19)14-12-8-4-5-9-13(12)17(15(14)20)10-11-6-2-1-3-7-11/h1-9,20H,10H2,(H,18,19). The van der Waals surface area contributed by atoms with Crippen molar-refractivity contribution >= 4 is 29.5 Å². The number of aromatic nitrogens is 1. The van der Waals surface area contributed by atoms with Gasteiger partial charge in [0.15, 0.2) is 0 Å². The largest absolute Gasteiger partial charge is 0.478 e. The maximum Gasteiger partial charge on any atom is 0.339 e. The van der Waals surface area contributed by atoms with Gasteiger partial charge in [-0.3, -0.25) is 0 Å². The lowest BCUT2D eigenvalue weighted by atomic mass is 10.2. The fraction of sp³-hybridized carbons (Fsp3) is 0.0625. The molecule has 0 fully saturated rings. The topological polar surface area (TPSA) is 42.2 Å². The maximum atomic E-state index is 11.4. The number of aromatic carboxylic acids is 1. The molecule has 0 aliphatic heterocycles. The van der Waals surface area contributed by atoms with Crippen LogP contribution in [0.3, 0.4) is 0 Å². The van der Waals surface area contributed by atoms with E-state index in [2.05, 4.69) is 12.6 Å². The second-order valence-corrected chi connectivity index (χ2v) is 5.02. The van der Waals surface area contributed by atoms with E-state index in [0.717, 1.165) is 16.5 Å². The van der Waals surface area contributed by atoms with E-state index < -0.39 is 5.97 Å². The Morgan fingerprint density at radius 1 is 1.05 bits per heavy atom. The summed E-state index contributed by atoms with van der Waals surface area (Å²) >= 11 is 4.42. The van der Waals surface area contributed by atoms with Gasteiger partial charge in [0, 0.05) is 11.9 Å². The van der Waals surface area contributed by atoms with Crippen LogP contribution in [0.15, 0.2) is 59.6 Å². The Labute approximate surface area is 121 Å². The second kappa shape index (κ2) is 5.06. The van der Waals surface area contributed by atoms with Crippen LogP contribution in [0.4, 0.5) is 0 Å². The molecular formula is C16H13NO2S. The van der Waals surface area contributed by atoms with E-state index in [0.29, 0.717) is 11.6 Å². The predicted molar refractivity (Wildman–Crippen MR) is 81.7 cm³/mol. The van der Waals surface area contributed by atoms with Gasteiger partial charge in [-0.15, -0.1) is 12.6 Å². The Hall–Kier alpha value is -2.20. The first-order chi connectivity index (χ1) is 9.68. The second-order valence-electron chi connectivity index (χ2n) is 4.59. The van der Waals surface area contributed by atoms with Crippen molar-refractivity contribution in [1.29, 1.82) is 0 Å². The first-order valence-corrected chi connectivity index (χ1v) is 6.70. The van der Waals surface area contributed by atoms with Crippen molar-refractivity contribution in [2.24, 2.45) is 0 Å². The Morgan fingerprint density at radius 3 is 2.40 bits per heavy atom. The fourth-order valence-corrected chi connectivity index (χ4v) is 2.82. The average molecular weight is 283 g/mol. The minimum absolute atomic E-state index is 0.264. The number of hydrogen-bond acceptors (Lipinski definition) is 2. The van der Waals surface area contributed by atoms with Gasteiger partial charge in [-0.05, 0) is 11.6 Å². The minimum Gasteiger partial charge on any atom is -0.478 e. The summed E-state index contributed by atoms with van der Waals surface area (Å²) in [5.74, 6) is -0.946. The zero-order valence-electron chi connectivity index (χ0n) is 10.7. The monoisotopic (exact) mass is 283 g/mol.